The fourth-order valence-electron chi connectivity index (χ4n) is 3.77. The van der Waals surface area contributed by atoms with Gasteiger partial charge in [0.2, 0.25) is 0 Å². The number of nitrogens with one attached hydrogen (secondary N) is 2. The molecule has 0 bridgehead atoms. The topological polar surface area (TPSA) is 92.8 Å². The van der Waals surface area contributed by atoms with Crippen LogP contribution < -0.4 is 10.6 Å². The van der Waals surface area contributed by atoms with Gasteiger partial charge < -0.3 is 19.4 Å². The first-order valence-corrected chi connectivity index (χ1v) is 12.2. The van der Waals surface area contributed by atoms with Gasteiger partial charge in [-0.3, -0.25) is 9.59 Å². The van der Waals surface area contributed by atoms with E-state index in [2.05, 4.69) is 20.6 Å². The smallest absolute Gasteiger partial charge is 0.275 e. The molecule has 0 spiro atoms. The number of pyridine rings is 2. The van der Waals surface area contributed by atoms with Crippen LogP contribution in [0.1, 0.15) is 26.5 Å². The van der Waals surface area contributed by atoms with Gasteiger partial charge in [0.15, 0.2) is 0 Å². The quantitative estimate of drug-likeness (QED) is 0.291. The number of fused-ring (bicyclic) bond motifs is 2. The van der Waals surface area contributed by atoms with E-state index in [-0.39, 0.29) is 11.8 Å². The molecule has 0 aliphatic carbocycles. The van der Waals surface area contributed by atoms with Crippen molar-refractivity contribution in [2.45, 2.75) is 6.92 Å². The lowest BCUT2D eigenvalue weighted by Gasteiger charge is -2.01. The van der Waals surface area contributed by atoms with Crippen molar-refractivity contribution in [3.05, 3.63) is 132 Å². The molecule has 9 heteroatoms. The number of hydrogen-bond acceptors (Lipinski definition) is 4. The van der Waals surface area contributed by atoms with Crippen LogP contribution in [0, 0.1) is 6.92 Å². The molecule has 0 saturated heterocycles. The van der Waals surface area contributed by atoms with Gasteiger partial charge in [0.1, 0.15) is 22.7 Å². The van der Waals surface area contributed by atoms with E-state index in [4.69, 9.17) is 11.6 Å². The molecule has 2 amide bonds. The van der Waals surface area contributed by atoms with E-state index in [9.17, 15) is 9.59 Å². The van der Waals surface area contributed by atoms with Crippen LogP contribution in [0.25, 0.3) is 11.3 Å². The number of amides is 2. The van der Waals surface area contributed by atoms with Crippen LogP contribution in [0.2, 0.25) is 5.02 Å². The molecule has 0 atom stereocenters. The maximum Gasteiger partial charge on any atom is 0.275 e. The van der Waals surface area contributed by atoms with Gasteiger partial charge in [0.25, 0.3) is 11.8 Å². The Morgan fingerprint density at radius 1 is 0.684 bits per heavy atom. The number of carbonyl (C=O) groups is 2. The third kappa shape index (κ3) is 5.71. The zero-order valence-electron chi connectivity index (χ0n) is 20.4. The number of anilines is 2. The lowest BCUT2D eigenvalue weighted by molar-refractivity contribution is 0.101. The van der Waals surface area contributed by atoms with Crippen LogP contribution in [0.3, 0.4) is 0 Å². The van der Waals surface area contributed by atoms with Crippen LogP contribution in [-0.2, 0) is 0 Å². The molecule has 0 aliphatic rings. The standard InChI is InChI=1S/C15H13N3O.C14H10ClN3O/c1-11-6-5-9-18-10-13(17-14(11)18)15(19)16-12-7-3-2-4-8-12;15-10-6-7-13-17-12(9-18(13)8-10)14(19)16-11-4-2-1-3-5-11/h2-10H,1H3,(H,16,19);1-9H,(H,16,19). The number of para-hydroxylation sites is 2. The number of hydrogen-bond donors (Lipinski definition) is 2. The Morgan fingerprint density at radius 2 is 1.26 bits per heavy atom. The largest absolute Gasteiger partial charge is 0.321 e. The summed E-state index contributed by atoms with van der Waals surface area (Å²) in [7, 11) is 0. The van der Waals surface area contributed by atoms with Gasteiger partial charge in [-0.2, -0.15) is 0 Å². The van der Waals surface area contributed by atoms with Crippen LogP contribution in [0.15, 0.2) is 110 Å². The molecule has 8 nitrogen and oxygen atoms in total. The molecule has 188 valence electrons. The second kappa shape index (κ2) is 11.0. The zero-order chi connectivity index (χ0) is 26.5. The van der Waals surface area contributed by atoms with Crippen LogP contribution in [0.4, 0.5) is 11.4 Å². The number of aromatic nitrogens is 4. The molecular weight excluding hydrogens is 500 g/mol. The van der Waals surface area contributed by atoms with Gasteiger partial charge in [0.05, 0.1) is 5.02 Å². The van der Waals surface area contributed by atoms with Crippen LogP contribution in [0.5, 0.6) is 0 Å². The maximum absolute atomic E-state index is 12.1. The second-order valence-corrected chi connectivity index (χ2v) is 8.86. The van der Waals surface area contributed by atoms with Gasteiger partial charge in [-0.1, -0.05) is 54.1 Å². The minimum Gasteiger partial charge on any atom is -0.321 e. The van der Waals surface area contributed by atoms with E-state index in [1.165, 1.54) is 0 Å². The first kappa shape index (κ1) is 24.7. The molecule has 0 unspecified atom stereocenters. The summed E-state index contributed by atoms with van der Waals surface area (Å²) in [6.45, 7) is 1.97. The Morgan fingerprint density at radius 3 is 1.87 bits per heavy atom. The Bertz CT molecular complexity index is 1730. The zero-order valence-corrected chi connectivity index (χ0v) is 21.1. The summed E-state index contributed by atoms with van der Waals surface area (Å²) < 4.78 is 3.58. The molecule has 0 fully saturated rings. The Labute approximate surface area is 223 Å². The van der Waals surface area contributed by atoms with Gasteiger partial charge in [-0.15, -0.1) is 0 Å². The number of carbonyl (C=O) groups excluding carboxylic acids is 2. The minimum absolute atomic E-state index is 0.200. The molecule has 2 aromatic carbocycles. The maximum atomic E-state index is 12.1. The van der Waals surface area contributed by atoms with E-state index < -0.39 is 0 Å². The third-order valence-corrected chi connectivity index (χ3v) is 5.85. The van der Waals surface area contributed by atoms with Crippen LogP contribution in [-0.4, -0.2) is 30.6 Å². The van der Waals surface area contributed by atoms with Crippen molar-refractivity contribution >= 4 is 46.1 Å². The summed E-state index contributed by atoms with van der Waals surface area (Å²) in [5.74, 6) is -0.444. The lowest BCUT2D eigenvalue weighted by atomic mass is 10.3. The molecule has 38 heavy (non-hydrogen) atoms. The van der Waals surface area contributed by atoms with E-state index in [0.717, 1.165) is 22.6 Å². The molecule has 6 aromatic rings. The Hall–Kier alpha value is -4.95. The number of halogens is 1. The number of benzene rings is 2. The summed E-state index contributed by atoms with van der Waals surface area (Å²) in [6, 6.07) is 26.0. The van der Waals surface area contributed by atoms with Crippen molar-refractivity contribution in [2.24, 2.45) is 0 Å². The predicted molar refractivity (Wildman–Crippen MR) is 149 cm³/mol. The average molecular weight is 523 g/mol. The summed E-state index contributed by atoms with van der Waals surface area (Å²) in [5.41, 5.74) is 4.80. The van der Waals surface area contributed by atoms with Crippen molar-refractivity contribution in [3.63, 3.8) is 0 Å². The van der Waals surface area contributed by atoms with Crippen molar-refractivity contribution in [2.75, 3.05) is 10.6 Å². The van der Waals surface area contributed by atoms with Crippen molar-refractivity contribution in [1.29, 1.82) is 0 Å². The Kier molecular flexibility index (Phi) is 7.15. The van der Waals surface area contributed by atoms with Gasteiger partial charge in [-0.25, -0.2) is 9.97 Å². The summed E-state index contributed by atoms with van der Waals surface area (Å²) in [6.07, 6.45) is 6.98. The summed E-state index contributed by atoms with van der Waals surface area (Å²) >= 11 is 5.89. The normalized spacial score (nSPS) is 10.6. The molecule has 0 saturated carbocycles. The minimum atomic E-state index is -0.244. The first-order chi connectivity index (χ1) is 18.5. The highest BCUT2D eigenvalue weighted by Crippen LogP contribution is 2.14. The van der Waals surface area contributed by atoms with E-state index in [1.807, 2.05) is 90.3 Å². The van der Waals surface area contributed by atoms with Crippen LogP contribution >= 0.6 is 11.6 Å². The average Bonchev–Trinajstić information content (AvgIpc) is 3.56. The SMILES string of the molecule is Cc1cccn2cc(C(=O)Nc3ccccc3)nc12.O=C(Nc1ccccc1)c1cn2cc(Cl)ccc2n1. The first-order valence-electron chi connectivity index (χ1n) is 11.8. The third-order valence-electron chi connectivity index (χ3n) is 5.62. The number of aryl methyl sites for hydroxylation is 1. The van der Waals surface area contributed by atoms with E-state index >= 15 is 0 Å². The molecule has 2 N–H and O–H groups in total. The van der Waals surface area contributed by atoms with Gasteiger partial charge in [-0.05, 0) is 55.0 Å². The monoisotopic (exact) mass is 522 g/mol. The van der Waals surface area contributed by atoms with E-state index in [0.29, 0.717) is 22.1 Å². The van der Waals surface area contributed by atoms with Gasteiger partial charge >= 0.3 is 0 Å². The van der Waals surface area contributed by atoms with Crippen molar-refractivity contribution in [1.82, 2.24) is 18.8 Å². The number of rotatable bonds is 4. The van der Waals surface area contributed by atoms with E-state index in [1.54, 1.807) is 35.1 Å². The number of nitrogens with zero attached hydrogens (tertiary/aromatic N) is 4. The molecule has 4 heterocycles. The summed E-state index contributed by atoms with van der Waals surface area (Å²) in [5, 5.41) is 6.21. The summed E-state index contributed by atoms with van der Waals surface area (Å²) in [4.78, 5) is 32.8. The molecule has 6 rings (SSSR count). The Balaban J connectivity index is 0.000000155. The fraction of sp³-hybridized carbons (Fsp3) is 0.0345. The molecule has 0 aliphatic heterocycles. The highest BCUT2D eigenvalue weighted by molar-refractivity contribution is 6.30. The predicted octanol–water partition coefficient (Wildman–Crippen LogP) is 6.14. The fourth-order valence-corrected chi connectivity index (χ4v) is 3.94. The molecule has 0 radical (unpaired) electrons. The van der Waals surface area contributed by atoms with Gasteiger partial charge in [0, 0.05) is 36.2 Å². The van der Waals surface area contributed by atoms with Crippen molar-refractivity contribution in [3.8, 4) is 0 Å². The lowest BCUT2D eigenvalue weighted by Crippen LogP contribution is -2.12. The highest BCUT2D eigenvalue weighted by Gasteiger charge is 2.12. The number of imidazole rings is 2. The second-order valence-electron chi connectivity index (χ2n) is 8.43. The van der Waals surface area contributed by atoms with Crippen molar-refractivity contribution < 1.29 is 9.59 Å². The molecule has 4 aromatic heterocycles. The highest BCUT2D eigenvalue weighted by atomic mass is 35.5. The molecular formula is C29H23ClN6O2.